The molecule has 120 valence electrons. The second-order valence-corrected chi connectivity index (χ2v) is 7.14. The molecule has 0 aliphatic carbocycles. The highest BCUT2D eigenvalue weighted by molar-refractivity contribution is 8.14. The van der Waals surface area contributed by atoms with Gasteiger partial charge in [0.05, 0.1) is 12.4 Å². The second kappa shape index (κ2) is 7.00. The van der Waals surface area contributed by atoms with Crippen LogP contribution in [0.4, 0.5) is 0 Å². The molecule has 2 unspecified atom stereocenters. The summed E-state index contributed by atoms with van der Waals surface area (Å²) in [5.74, 6) is 0.109. The largest absolute Gasteiger partial charge is 0.335 e. The van der Waals surface area contributed by atoms with Gasteiger partial charge in [-0.2, -0.15) is 0 Å². The van der Waals surface area contributed by atoms with Crippen molar-refractivity contribution in [3.8, 4) is 0 Å². The molecule has 0 radical (unpaired) electrons. The number of carbonyl (C=O) groups excluding carboxylic acids is 2. The Labute approximate surface area is 139 Å². The van der Waals surface area contributed by atoms with E-state index >= 15 is 0 Å². The molecule has 1 saturated heterocycles. The molecule has 5 nitrogen and oxygen atoms in total. The van der Waals surface area contributed by atoms with Gasteiger partial charge >= 0.3 is 0 Å². The van der Waals surface area contributed by atoms with Crippen molar-refractivity contribution >= 4 is 22.8 Å². The Morgan fingerprint density at radius 3 is 2.83 bits per heavy atom. The van der Waals surface area contributed by atoms with Gasteiger partial charge in [-0.25, -0.2) is 4.98 Å². The van der Waals surface area contributed by atoms with Crippen molar-refractivity contribution in [3.05, 3.63) is 54.6 Å². The maximum atomic E-state index is 12.5. The van der Waals surface area contributed by atoms with Crippen LogP contribution >= 0.6 is 11.8 Å². The van der Waals surface area contributed by atoms with Crippen LogP contribution in [0, 0.1) is 0 Å². The van der Waals surface area contributed by atoms with Gasteiger partial charge < -0.3 is 9.47 Å². The lowest BCUT2D eigenvalue weighted by Crippen LogP contribution is -2.33. The summed E-state index contributed by atoms with van der Waals surface area (Å²) >= 11 is 1.27. The lowest BCUT2D eigenvalue weighted by molar-refractivity contribution is -0.130. The summed E-state index contributed by atoms with van der Waals surface area (Å²) in [6, 6.07) is 9.98. The Bertz CT molecular complexity index is 672. The number of hydrogen-bond donors (Lipinski definition) is 0. The van der Waals surface area contributed by atoms with Crippen molar-refractivity contribution in [1.29, 1.82) is 0 Å². The van der Waals surface area contributed by atoms with Gasteiger partial charge in [0.15, 0.2) is 5.12 Å². The van der Waals surface area contributed by atoms with Crippen LogP contribution in [0.25, 0.3) is 0 Å². The molecule has 0 spiro atoms. The van der Waals surface area contributed by atoms with E-state index in [0.29, 0.717) is 19.5 Å². The minimum absolute atomic E-state index is 0.0459. The highest BCUT2D eigenvalue weighted by Crippen LogP contribution is 2.32. The van der Waals surface area contributed by atoms with E-state index in [1.165, 1.54) is 11.8 Å². The van der Waals surface area contributed by atoms with Crippen molar-refractivity contribution in [2.45, 2.75) is 31.2 Å². The predicted molar refractivity (Wildman–Crippen MR) is 89.8 cm³/mol. The zero-order valence-electron chi connectivity index (χ0n) is 13.0. The number of rotatable bonds is 5. The third-order valence-electron chi connectivity index (χ3n) is 3.96. The molecule has 1 aromatic carbocycles. The quantitative estimate of drug-likeness (QED) is 0.846. The molecule has 2 atom stereocenters. The molecule has 23 heavy (non-hydrogen) atoms. The number of hydrogen-bond acceptors (Lipinski definition) is 4. The summed E-state index contributed by atoms with van der Waals surface area (Å²) in [5, 5.41) is 0.115. The summed E-state index contributed by atoms with van der Waals surface area (Å²) in [4.78, 5) is 29.8. The topological polar surface area (TPSA) is 55.2 Å². The smallest absolute Gasteiger partial charge is 0.224 e. The molecular formula is C17H19N3O2S. The lowest BCUT2D eigenvalue weighted by Gasteiger charge is -2.29. The Kier molecular flexibility index (Phi) is 4.81. The summed E-state index contributed by atoms with van der Waals surface area (Å²) in [6.45, 7) is 2.82. The molecule has 1 aromatic heterocycles. The summed E-state index contributed by atoms with van der Waals surface area (Å²) in [5.41, 5.74) is 1.10. The maximum absolute atomic E-state index is 12.5. The molecule has 1 fully saturated rings. The van der Waals surface area contributed by atoms with Crippen LogP contribution in [0.3, 0.4) is 0 Å². The third kappa shape index (κ3) is 3.82. The number of amides is 1. The van der Waals surface area contributed by atoms with E-state index in [1.807, 2.05) is 46.0 Å². The van der Waals surface area contributed by atoms with Crippen molar-refractivity contribution in [2.24, 2.45) is 0 Å². The van der Waals surface area contributed by atoms with Gasteiger partial charge in [0.2, 0.25) is 5.91 Å². The van der Waals surface area contributed by atoms with Crippen LogP contribution < -0.4 is 0 Å². The number of nitrogens with zero attached hydrogens (tertiary/aromatic N) is 3. The lowest BCUT2D eigenvalue weighted by atomic mass is 10.1. The molecular weight excluding hydrogens is 310 g/mol. The van der Waals surface area contributed by atoms with Crippen LogP contribution in [0.15, 0.2) is 49.1 Å². The summed E-state index contributed by atoms with van der Waals surface area (Å²) in [7, 11) is 0. The van der Waals surface area contributed by atoms with E-state index in [9.17, 15) is 9.59 Å². The van der Waals surface area contributed by atoms with Crippen LogP contribution in [-0.4, -0.2) is 37.3 Å². The first-order chi connectivity index (χ1) is 11.1. The summed E-state index contributed by atoms with van der Waals surface area (Å²) < 4.78 is 1.98. The Balaban J connectivity index is 1.83. The van der Waals surface area contributed by atoms with Gasteiger partial charge in [-0.3, -0.25) is 9.59 Å². The van der Waals surface area contributed by atoms with Gasteiger partial charge in [-0.1, -0.05) is 42.1 Å². The second-order valence-electron chi connectivity index (χ2n) is 5.67. The number of benzene rings is 1. The van der Waals surface area contributed by atoms with Crippen molar-refractivity contribution in [3.63, 3.8) is 0 Å². The Morgan fingerprint density at radius 2 is 2.17 bits per heavy atom. The van der Waals surface area contributed by atoms with Crippen LogP contribution in [0.2, 0.25) is 0 Å². The molecule has 6 heteroatoms. The van der Waals surface area contributed by atoms with E-state index in [0.717, 1.165) is 5.56 Å². The van der Waals surface area contributed by atoms with E-state index in [-0.39, 0.29) is 22.3 Å². The van der Waals surface area contributed by atoms with E-state index < -0.39 is 0 Å². The van der Waals surface area contributed by atoms with E-state index in [2.05, 4.69) is 4.98 Å². The van der Waals surface area contributed by atoms with E-state index in [4.69, 9.17) is 0 Å². The molecule has 0 N–H and O–H groups in total. The highest BCUT2D eigenvalue weighted by atomic mass is 32.2. The fourth-order valence-corrected chi connectivity index (χ4v) is 3.90. The number of imidazole rings is 1. The number of thioether (sulfide) groups is 1. The molecule has 1 amide bonds. The Hall–Kier alpha value is -2.08. The highest BCUT2D eigenvalue weighted by Gasteiger charge is 2.36. The standard InChI is InChI=1S/C17H19N3O2S/c1-13(21)23-15-9-17(22)20(10-15)16(11-19-8-7-18-12-19)14-5-3-2-4-6-14/h2-8,12,15-16H,9-11H2,1H3. The molecule has 0 bridgehead atoms. The monoisotopic (exact) mass is 329 g/mol. The van der Waals surface area contributed by atoms with Crippen LogP contribution in [0.5, 0.6) is 0 Å². The SMILES string of the molecule is CC(=O)SC1CC(=O)N(C(Cn2ccnc2)c2ccccc2)C1. The molecule has 1 aliphatic rings. The summed E-state index contributed by atoms with van der Waals surface area (Å²) in [6.07, 6.45) is 5.83. The predicted octanol–water partition coefficient (Wildman–Crippen LogP) is 2.51. The van der Waals surface area contributed by atoms with Gasteiger partial charge in [-0.15, -0.1) is 0 Å². The number of aromatic nitrogens is 2. The molecule has 2 heterocycles. The van der Waals surface area contributed by atoms with Crippen molar-refractivity contribution in [2.75, 3.05) is 6.54 Å². The molecule has 1 aliphatic heterocycles. The third-order valence-corrected chi connectivity index (χ3v) is 4.94. The fraction of sp³-hybridized carbons (Fsp3) is 0.353. The minimum atomic E-state index is -0.0459. The average Bonchev–Trinajstić information content (AvgIpc) is 3.15. The first-order valence-corrected chi connectivity index (χ1v) is 8.49. The van der Waals surface area contributed by atoms with Crippen LogP contribution in [-0.2, 0) is 16.1 Å². The van der Waals surface area contributed by atoms with Gasteiger partial charge in [0, 0.05) is 44.1 Å². The number of carbonyl (C=O) groups is 2. The first kappa shape index (κ1) is 15.8. The van der Waals surface area contributed by atoms with Gasteiger partial charge in [-0.05, 0) is 5.56 Å². The van der Waals surface area contributed by atoms with Crippen LogP contribution in [0.1, 0.15) is 24.9 Å². The van der Waals surface area contributed by atoms with Crippen molar-refractivity contribution in [1.82, 2.24) is 14.5 Å². The van der Waals surface area contributed by atoms with Crippen molar-refractivity contribution < 1.29 is 9.59 Å². The normalized spacial score (nSPS) is 19.1. The zero-order valence-corrected chi connectivity index (χ0v) is 13.8. The van der Waals surface area contributed by atoms with Gasteiger partial charge in [0.1, 0.15) is 0 Å². The minimum Gasteiger partial charge on any atom is -0.335 e. The number of likely N-dealkylation sites (tertiary alicyclic amines) is 1. The Morgan fingerprint density at radius 1 is 1.39 bits per heavy atom. The van der Waals surface area contributed by atoms with Gasteiger partial charge in [0.25, 0.3) is 0 Å². The maximum Gasteiger partial charge on any atom is 0.224 e. The fourth-order valence-electron chi connectivity index (χ4n) is 2.97. The molecule has 3 rings (SSSR count). The molecule has 0 saturated carbocycles. The first-order valence-electron chi connectivity index (χ1n) is 7.61. The average molecular weight is 329 g/mol. The van der Waals surface area contributed by atoms with E-state index in [1.54, 1.807) is 19.4 Å². The zero-order chi connectivity index (χ0) is 16.2. The molecule has 2 aromatic rings.